The van der Waals surface area contributed by atoms with Crippen molar-refractivity contribution < 1.29 is 13.2 Å². The van der Waals surface area contributed by atoms with Gasteiger partial charge in [-0.05, 0) is 24.3 Å². The van der Waals surface area contributed by atoms with Gasteiger partial charge in [-0.2, -0.15) is 0 Å². The molecule has 0 aliphatic heterocycles. The number of anilines is 1. The first-order valence-electron chi connectivity index (χ1n) is 6.90. The van der Waals surface area contributed by atoms with Crippen molar-refractivity contribution in [2.24, 2.45) is 0 Å². The van der Waals surface area contributed by atoms with E-state index in [1.165, 1.54) is 37.4 Å². The van der Waals surface area contributed by atoms with Gasteiger partial charge < -0.3 is 4.74 Å². The monoisotopic (exact) mass is 451 g/mol. The largest absolute Gasteiger partial charge is 0.478 e. The lowest BCUT2D eigenvalue weighted by molar-refractivity contribution is 0.400. The Hall–Kier alpha value is -1.51. The van der Waals surface area contributed by atoms with E-state index in [1.54, 1.807) is 0 Å². The summed E-state index contributed by atoms with van der Waals surface area (Å²) in [6.07, 6.45) is 0. The molecule has 1 N–H and O–H groups in total. The third-order valence-electron chi connectivity index (χ3n) is 3.30. The SMILES string of the molecule is COc1nc2cc(Cl)c(Cl)cc2nc1NS(=O)(=O)c1cccc(Cl)c1Cl. The highest BCUT2D eigenvalue weighted by molar-refractivity contribution is 7.92. The standard InChI is InChI=1S/C15H9Cl4N3O3S/c1-25-15-14(20-10-5-8(17)9(18)6-11(10)21-15)22-26(23,24)12-4-2-3-7(16)13(12)19/h2-6H,1H3,(H,20,22). The first-order valence-corrected chi connectivity index (χ1v) is 9.90. The van der Waals surface area contributed by atoms with Gasteiger partial charge in [0.2, 0.25) is 5.82 Å². The Kier molecular flexibility index (Phi) is 5.37. The number of rotatable bonds is 4. The van der Waals surface area contributed by atoms with Gasteiger partial charge in [-0.3, -0.25) is 4.72 Å². The van der Waals surface area contributed by atoms with Gasteiger partial charge in [-0.25, -0.2) is 18.4 Å². The highest BCUT2D eigenvalue weighted by atomic mass is 35.5. The molecule has 2 aromatic carbocycles. The molecule has 0 bridgehead atoms. The van der Waals surface area contributed by atoms with Crippen LogP contribution in [0.4, 0.5) is 5.82 Å². The maximum absolute atomic E-state index is 12.7. The minimum absolute atomic E-state index is 0.0439. The van der Waals surface area contributed by atoms with Crippen LogP contribution in [0.3, 0.4) is 0 Å². The summed E-state index contributed by atoms with van der Waals surface area (Å²) in [5.41, 5.74) is 0.718. The number of nitrogens with one attached hydrogen (secondary N) is 1. The van der Waals surface area contributed by atoms with Gasteiger partial charge in [0.1, 0.15) is 4.90 Å². The Morgan fingerprint density at radius 3 is 2.19 bits per heavy atom. The number of halogens is 4. The summed E-state index contributed by atoms with van der Waals surface area (Å²) >= 11 is 23.8. The second-order valence-corrected chi connectivity index (χ2v) is 8.24. The molecule has 0 aliphatic carbocycles. The zero-order chi connectivity index (χ0) is 19.1. The molecule has 26 heavy (non-hydrogen) atoms. The van der Waals surface area contributed by atoms with E-state index in [4.69, 9.17) is 51.1 Å². The molecule has 3 rings (SSSR count). The molecule has 3 aromatic rings. The van der Waals surface area contributed by atoms with Gasteiger partial charge in [0, 0.05) is 0 Å². The summed E-state index contributed by atoms with van der Waals surface area (Å²) in [6, 6.07) is 7.23. The summed E-state index contributed by atoms with van der Waals surface area (Å²) in [5.74, 6) is -0.174. The fraction of sp³-hybridized carbons (Fsp3) is 0.0667. The molecule has 1 heterocycles. The number of hydrogen-bond donors (Lipinski definition) is 1. The molecule has 0 spiro atoms. The van der Waals surface area contributed by atoms with Crippen molar-refractivity contribution in [1.29, 1.82) is 0 Å². The third kappa shape index (κ3) is 3.63. The molecule has 11 heteroatoms. The van der Waals surface area contributed by atoms with Crippen LogP contribution in [0.2, 0.25) is 20.1 Å². The number of ether oxygens (including phenoxy) is 1. The van der Waals surface area contributed by atoms with Crippen LogP contribution in [-0.4, -0.2) is 25.5 Å². The maximum atomic E-state index is 12.7. The summed E-state index contributed by atoms with van der Waals surface area (Å²) in [6.45, 7) is 0. The highest BCUT2D eigenvalue weighted by Crippen LogP contribution is 2.33. The van der Waals surface area contributed by atoms with E-state index in [0.717, 1.165) is 0 Å². The summed E-state index contributed by atoms with van der Waals surface area (Å²) in [7, 11) is -2.76. The molecule has 0 radical (unpaired) electrons. The second kappa shape index (κ2) is 7.25. The van der Waals surface area contributed by atoms with E-state index in [0.29, 0.717) is 11.0 Å². The number of aromatic nitrogens is 2. The van der Waals surface area contributed by atoms with Gasteiger partial charge >= 0.3 is 0 Å². The van der Waals surface area contributed by atoms with E-state index < -0.39 is 10.0 Å². The van der Waals surface area contributed by atoms with Gasteiger partial charge in [-0.15, -0.1) is 0 Å². The average molecular weight is 453 g/mol. The van der Waals surface area contributed by atoms with Crippen molar-refractivity contribution in [2.75, 3.05) is 11.8 Å². The smallest absolute Gasteiger partial charge is 0.264 e. The molecule has 0 fully saturated rings. The minimum atomic E-state index is -4.09. The quantitative estimate of drug-likeness (QED) is 0.598. The van der Waals surface area contributed by atoms with Crippen molar-refractivity contribution in [2.45, 2.75) is 4.90 Å². The van der Waals surface area contributed by atoms with Crippen molar-refractivity contribution >= 4 is 73.3 Å². The molecule has 0 unspecified atom stereocenters. The van der Waals surface area contributed by atoms with Crippen LogP contribution in [0, 0.1) is 0 Å². The lowest BCUT2D eigenvalue weighted by atomic mass is 10.3. The van der Waals surface area contributed by atoms with Gasteiger partial charge in [-0.1, -0.05) is 52.5 Å². The van der Waals surface area contributed by atoms with Crippen LogP contribution in [-0.2, 0) is 10.0 Å². The predicted molar refractivity (Wildman–Crippen MR) is 103 cm³/mol. The molecule has 0 amide bonds. The van der Waals surface area contributed by atoms with Crippen molar-refractivity contribution in [1.82, 2.24) is 9.97 Å². The maximum Gasteiger partial charge on any atom is 0.264 e. The Morgan fingerprint density at radius 2 is 1.58 bits per heavy atom. The molecule has 0 aliphatic rings. The first-order chi connectivity index (χ1) is 12.2. The highest BCUT2D eigenvalue weighted by Gasteiger charge is 2.23. The van der Waals surface area contributed by atoms with E-state index in [1.807, 2.05) is 0 Å². The van der Waals surface area contributed by atoms with Crippen LogP contribution in [0.5, 0.6) is 5.88 Å². The molecule has 6 nitrogen and oxygen atoms in total. The molecule has 0 atom stereocenters. The summed E-state index contributed by atoms with van der Waals surface area (Å²) < 4.78 is 32.8. The van der Waals surface area contributed by atoms with Crippen LogP contribution in [0.1, 0.15) is 0 Å². The molecular formula is C15H9Cl4N3O3S. The van der Waals surface area contributed by atoms with E-state index >= 15 is 0 Å². The van der Waals surface area contributed by atoms with Crippen LogP contribution < -0.4 is 9.46 Å². The van der Waals surface area contributed by atoms with Gasteiger partial charge in [0.05, 0.1) is 38.2 Å². The Bertz CT molecular complexity index is 1120. The lowest BCUT2D eigenvalue weighted by Crippen LogP contribution is -2.16. The van der Waals surface area contributed by atoms with Crippen molar-refractivity contribution in [3.8, 4) is 5.88 Å². The molecular weight excluding hydrogens is 444 g/mol. The van der Waals surface area contributed by atoms with Gasteiger partial charge in [0.25, 0.3) is 15.9 Å². The van der Waals surface area contributed by atoms with Crippen molar-refractivity contribution in [3.05, 3.63) is 50.4 Å². The number of fused-ring (bicyclic) bond motifs is 1. The lowest BCUT2D eigenvalue weighted by Gasteiger charge is -2.12. The van der Waals surface area contributed by atoms with Crippen LogP contribution in [0.25, 0.3) is 11.0 Å². The predicted octanol–water partition coefficient (Wildman–Crippen LogP) is 5.05. The van der Waals surface area contributed by atoms with Gasteiger partial charge in [0.15, 0.2) is 0 Å². The fourth-order valence-electron chi connectivity index (χ4n) is 2.12. The van der Waals surface area contributed by atoms with E-state index in [9.17, 15) is 8.42 Å². The zero-order valence-electron chi connectivity index (χ0n) is 12.9. The number of sulfonamides is 1. The summed E-state index contributed by atoms with van der Waals surface area (Å²) in [5, 5.41) is 0.539. The molecule has 136 valence electrons. The molecule has 0 saturated carbocycles. The number of methoxy groups -OCH3 is 1. The Balaban J connectivity index is 2.12. The number of hydrogen-bond acceptors (Lipinski definition) is 5. The minimum Gasteiger partial charge on any atom is -0.478 e. The zero-order valence-corrected chi connectivity index (χ0v) is 16.8. The van der Waals surface area contributed by atoms with E-state index in [-0.39, 0.29) is 36.7 Å². The third-order valence-corrected chi connectivity index (χ3v) is 6.34. The first kappa shape index (κ1) is 19.3. The normalized spacial score (nSPS) is 11.6. The second-order valence-electron chi connectivity index (χ2n) is 4.99. The van der Waals surface area contributed by atoms with Crippen LogP contribution in [0.15, 0.2) is 35.2 Å². The van der Waals surface area contributed by atoms with E-state index in [2.05, 4.69) is 14.7 Å². The average Bonchev–Trinajstić information content (AvgIpc) is 2.58. The molecule has 1 aromatic heterocycles. The fourth-order valence-corrected chi connectivity index (χ4v) is 4.20. The van der Waals surface area contributed by atoms with Crippen LogP contribution >= 0.6 is 46.4 Å². The number of nitrogens with zero attached hydrogens (tertiary/aromatic N) is 2. The topological polar surface area (TPSA) is 81.2 Å². The Morgan fingerprint density at radius 1 is 0.962 bits per heavy atom. The number of benzene rings is 2. The molecule has 0 saturated heterocycles. The Labute approximate surface area is 169 Å². The summed E-state index contributed by atoms with van der Waals surface area (Å²) in [4.78, 5) is 8.21. The van der Waals surface area contributed by atoms with Crippen molar-refractivity contribution in [3.63, 3.8) is 0 Å².